The lowest BCUT2D eigenvalue weighted by molar-refractivity contribution is 0.104. The Bertz CT molecular complexity index is 603. The molecule has 0 saturated heterocycles. The molecule has 0 heterocycles. The Hall–Kier alpha value is -2.42. The predicted octanol–water partition coefficient (Wildman–Crippen LogP) is 3.73. The molecule has 19 heavy (non-hydrogen) atoms. The van der Waals surface area contributed by atoms with Gasteiger partial charge in [-0.05, 0) is 23.8 Å². The van der Waals surface area contributed by atoms with Gasteiger partial charge in [0.15, 0.2) is 17.3 Å². The van der Waals surface area contributed by atoms with Crippen molar-refractivity contribution in [2.24, 2.45) is 0 Å². The fourth-order valence-corrected chi connectivity index (χ4v) is 1.66. The van der Waals surface area contributed by atoms with Gasteiger partial charge in [0.2, 0.25) is 0 Å². The van der Waals surface area contributed by atoms with E-state index < -0.39 is 5.82 Å². The molecule has 0 N–H and O–H groups in total. The monoisotopic (exact) mass is 256 g/mol. The minimum atomic E-state index is -0.447. The Morgan fingerprint density at radius 1 is 1.16 bits per heavy atom. The van der Waals surface area contributed by atoms with Crippen molar-refractivity contribution in [1.82, 2.24) is 0 Å². The maximum absolute atomic E-state index is 13.5. The summed E-state index contributed by atoms with van der Waals surface area (Å²) < 4.78 is 18.3. The fourth-order valence-electron chi connectivity index (χ4n) is 1.66. The first-order valence-corrected chi connectivity index (χ1v) is 5.81. The number of carbonyl (C=O) groups excluding carboxylic acids is 1. The van der Waals surface area contributed by atoms with E-state index in [1.54, 1.807) is 36.4 Å². The van der Waals surface area contributed by atoms with Crippen molar-refractivity contribution in [2.75, 3.05) is 7.11 Å². The molecule has 0 aromatic heterocycles. The first kappa shape index (κ1) is 13.0. The van der Waals surface area contributed by atoms with E-state index in [4.69, 9.17) is 4.74 Å². The van der Waals surface area contributed by atoms with Gasteiger partial charge in [0.05, 0.1) is 7.11 Å². The number of benzene rings is 2. The van der Waals surface area contributed by atoms with Crippen LogP contribution in [0, 0.1) is 5.82 Å². The van der Waals surface area contributed by atoms with Gasteiger partial charge in [-0.15, -0.1) is 0 Å². The highest BCUT2D eigenvalue weighted by molar-refractivity contribution is 6.06. The first-order valence-electron chi connectivity index (χ1n) is 5.81. The molecule has 0 bridgehead atoms. The molecular weight excluding hydrogens is 243 g/mol. The van der Waals surface area contributed by atoms with Crippen LogP contribution >= 0.6 is 0 Å². The van der Waals surface area contributed by atoms with Crippen LogP contribution in [0.3, 0.4) is 0 Å². The Morgan fingerprint density at radius 3 is 2.53 bits per heavy atom. The second kappa shape index (κ2) is 5.96. The summed E-state index contributed by atoms with van der Waals surface area (Å²) >= 11 is 0. The molecule has 0 amide bonds. The normalized spacial score (nSPS) is 10.6. The summed E-state index contributed by atoms with van der Waals surface area (Å²) in [5.74, 6) is -0.375. The Kier molecular flexibility index (Phi) is 4.08. The van der Waals surface area contributed by atoms with Gasteiger partial charge in [0, 0.05) is 5.56 Å². The molecule has 2 nitrogen and oxygen atoms in total. The van der Waals surface area contributed by atoms with E-state index >= 15 is 0 Å². The topological polar surface area (TPSA) is 26.3 Å². The second-order valence-electron chi connectivity index (χ2n) is 3.96. The molecule has 0 atom stereocenters. The molecule has 0 spiro atoms. The highest BCUT2D eigenvalue weighted by Crippen LogP contribution is 2.18. The zero-order valence-electron chi connectivity index (χ0n) is 10.5. The van der Waals surface area contributed by atoms with Gasteiger partial charge in [0.25, 0.3) is 0 Å². The van der Waals surface area contributed by atoms with E-state index in [1.165, 1.54) is 25.3 Å². The Morgan fingerprint density at radius 2 is 1.89 bits per heavy atom. The third-order valence-electron chi connectivity index (χ3n) is 2.66. The predicted molar refractivity (Wildman–Crippen MR) is 72.8 cm³/mol. The average Bonchev–Trinajstić information content (AvgIpc) is 2.46. The molecule has 3 heteroatoms. The largest absolute Gasteiger partial charge is 0.494 e. The van der Waals surface area contributed by atoms with Crippen LogP contribution in [-0.2, 0) is 0 Å². The number of hydrogen-bond donors (Lipinski definition) is 0. The number of rotatable bonds is 4. The number of halogens is 1. The second-order valence-corrected chi connectivity index (χ2v) is 3.96. The van der Waals surface area contributed by atoms with E-state index in [0.29, 0.717) is 11.1 Å². The number of hydrogen-bond acceptors (Lipinski definition) is 2. The number of ether oxygens (including phenoxy) is 1. The summed E-state index contributed by atoms with van der Waals surface area (Å²) in [6, 6.07) is 13.5. The molecule has 2 rings (SSSR count). The first-order chi connectivity index (χ1) is 9.20. The molecule has 0 saturated carbocycles. The van der Waals surface area contributed by atoms with Gasteiger partial charge in [0.1, 0.15) is 0 Å². The van der Waals surface area contributed by atoms with E-state index in [0.717, 1.165) is 0 Å². The van der Waals surface area contributed by atoms with Crippen molar-refractivity contribution in [3.63, 3.8) is 0 Å². The van der Waals surface area contributed by atoms with Crippen molar-refractivity contribution in [1.29, 1.82) is 0 Å². The highest BCUT2D eigenvalue weighted by Gasteiger charge is 2.03. The van der Waals surface area contributed by atoms with Gasteiger partial charge in [-0.2, -0.15) is 0 Å². The van der Waals surface area contributed by atoms with E-state index in [2.05, 4.69) is 0 Å². The molecule has 0 radical (unpaired) electrons. The molecular formula is C16H13FO2. The SMILES string of the molecule is COc1ccc(C=CC(=O)c2ccccc2)cc1F. The van der Waals surface area contributed by atoms with Crippen molar-refractivity contribution in [2.45, 2.75) is 0 Å². The number of allylic oxidation sites excluding steroid dienone is 1. The third kappa shape index (κ3) is 3.28. The van der Waals surface area contributed by atoms with E-state index in [9.17, 15) is 9.18 Å². The summed E-state index contributed by atoms with van der Waals surface area (Å²) in [6.07, 6.45) is 3.01. The van der Waals surface area contributed by atoms with Gasteiger partial charge in [-0.3, -0.25) is 4.79 Å². The Balaban J connectivity index is 2.15. The molecule has 0 unspecified atom stereocenters. The van der Waals surface area contributed by atoms with Crippen LogP contribution in [0.1, 0.15) is 15.9 Å². The fraction of sp³-hybridized carbons (Fsp3) is 0.0625. The summed E-state index contributed by atoms with van der Waals surface area (Å²) in [5, 5.41) is 0. The quantitative estimate of drug-likeness (QED) is 0.615. The van der Waals surface area contributed by atoms with Gasteiger partial charge >= 0.3 is 0 Å². The van der Waals surface area contributed by atoms with Crippen LogP contribution < -0.4 is 4.74 Å². The van der Waals surface area contributed by atoms with Crippen LogP contribution in [0.2, 0.25) is 0 Å². The minimum Gasteiger partial charge on any atom is -0.494 e. The van der Waals surface area contributed by atoms with Crippen molar-refractivity contribution >= 4 is 11.9 Å². The average molecular weight is 256 g/mol. The smallest absolute Gasteiger partial charge is 0.185 e. The third-order valence-corrected chi connectivity index (χ3v) is 2.66. The van der Waals surface area contributed by atoms with Crippen molar-refractivity contribution < 1.29 is 13.9 Å². The zero-order valence-corrected chi connectivity index (χ0v) is 10.5. The number of methoxy groups -OCH3 is 1. The molecule has 2 aromatic carbocycles. The lowest BCUT2D eigenvalue weighted by Crippen LogP contribution is -1.93. The molecule has 0 aliphatic rings. The summed E-state index contributed by atoms with van der Waals surface area (Å²) in [7, 11) is 1.41. The standard InChI is InChI=1S/C16H13FO2/c1-19-16-10-8-12(11-14(16)17)7-9-15(18)13-5-3-2-4-6-13/h2-11H,1H3. The van der Waals surface area contributed by atoms with Gasteiger partial charge in [-0.25, -0.2) is 4.39 Å². The van der Waals surface area contributed by atoms with Crippen LogP contribution in [-0.4, -0.2) is 12.9 Å². The maximum Gasteiger partial charge on any atom is 0.185 e. The number of carbonyl (C=O) groups is 1. The minimum absolute atomic E-state index is 0.114. The van der Waals surface area contributed by atoms with Crippen LogP contribution in [0.25, 0.3) is 6.08 Å². The molecule has 0 aliphatic carbocycles. The van der Waals surface area contributed by atoms with Gasteiger partial charge < -0.3 is 4.74 Å². The molecule has 0 fully saturated rings. The van der Waals surface area contributed by atoms with Gasteiger partial charge in [-0.1, -0.05) is 42.5 Å². The van der Waals surface area contributed by atoms with Crippen molar-refractivity contribution in [3.8, 4) is 5.75 Å². The summed E-state index contributed by atoms with van der Waals surface area (Å²) in [6.45, 7) is 0. The lowest BCUT2D eigenvalue weighted by Gasteiger charge is -2.01. The zero-order chi connectivity index (χ0) is 13.7. The molecule has 2 aromatic rings. The van der Waals surface area contributed by atoms with E-state index in [-0.39, 0.29) is 11.5 Å². The molecule has 0 aliphatic heterocycles. The van der Waals surface area contributed by atoms with Crippen LogP contribution in [0.15, 0.2) is 54.6 Å². The van der Waals surface area contributed by atoms with Crippen molar-refractivity contribution in [3.05, 3.63) is 71.6 Å². The van der Waals surface area contributed by atoms with E-state index in [1.807, 2.05) is 6.07 Å². The summed E-state index contributed by atoms with van der Waals surface area (Å²) in [5.41, 5.74) is 1.22. The summed E-state index contributed by atoms with van der Waals surface area (Å²) in [4.78, 5) is 11.8. The molecule has 96 valence electrons. The lowest BCUT2D eigenvalue weighted by atomic mass is 10.1. The Labute approximate surface area is 111 Å². The van der Waals surface area contributed by atoms with Crippen LogP contribution in [0.4, 0.5) is 4.39 Å². The van der Waals surface area contributed by atoms with Crippen LogP contribution in [0.5, 0.6) is 5.75 Å². The number of ketones is 1. The highest BCUT2D eigenvalue weighted by atomic mass is 19.1. The maximum atomic E-state index is 13.5.